The molecule has 0 heterocycles. The zero-order valence-corrected chi connectivity index (χ0v) is 11.3. The third-order valence-corrected chi connectivity index (χ3v) is 2.76. The molecule has 22 heavy (non-hydrogen) atoms. The van der Waals surface area contributed by atoms with E-state index in [1.165, 1.54) is 6.08 Å². The van der Waals surface area contributed by atoms with Gasteiger partial charge < -0.3 is 15.5 Å². The van der Waals surface area contributed by atoms with E-state index in [2.05, 4.69) is 11.9 Å². The third-order valence-electron chi connectivity index (χ3n) is 2.76. The van der Waals surface area contributed by atoms with Crippen LogP contribution < -0.4 is 5.32 Å². The fraction of sp³-hybridized carbons (Fsp3) is 0.250. The van der Waals surface area contributed by atoms with Crippen molar-refractivity contribution in [2.24, 2.45) is 0 Å². The maximum absolute atomic E-state index is 11.1. The summed E-state index contributed by atoms with van der Waals surface area (Å²) in [4.78, 5) is 31.2. The normalized spacial score (nSPS) is 11.5. The number of carbonyl (C=O) groups is 1. The molecule has 0 amide bonds. The number of hydrogen-bond acceptors (Lipinski definition) is 7. The first-order valence-corrected chi connectivity index (χ1v) is 6.00. The lowest BCUT2D eigenvalue weighted by molar-refractivity contribution is -0.392. The number of aliphatic hydroxyl groups is 1. The van der Waals surface area contributed by atoms with Crippen molar-refractivity contribution in [3.05, 3.63) is 50.6 Å². The number of carboxylic acids is 1. The largest absolute Gasteiger partial charge is 0.478 e. The molecule has 0 aliphatic carbocycles. The summed E-state index contributed by atoms with van der Waals surface area (Å²) >= 11 is 0. The standard InChI is InChI=1S/C12H13N3O7/c1-2-3-8(6-16)13-11-9(14(19)20)4-7(12(17)18)5-10(11)15(21)22/h2,4-5,8,13,16H,1,3,6H2,(H,17,18)/t8-/m0/s1. The second kappa shape index (κ2) is 7.13. The van der Waals surface area contributed by atoms with Crippen molar-refractivity contribution >= 4 is 23.0 Å². The average Bonchev–Trinajstić information content (AvgIpc) is 2.45. The number of aromatic carboxylic acids is 1. The van der Waals surface area contributed by atoms with Crippen LogP contribution in [0.1, 0.15) is 16.8 Å². The Morgan fingerprint density at radius 2 is 1.82 bits per heavy atom. The molecule has 1 aromatic carbocycles. The summed E-state index contributed by atoms with van der Waals surface area (Å²) in [6, 6.07) is 0.714. The van der Waals surface area contributed by atoms with Gasteiger partial charge in [0.05, 0.1) is 28.1 Å². The van der Waals surface area contributed by atoms with Gasteiger partial charge in [-0.25, -0.2) is 4.79 Å². The van der Waals surface area contributed by atoms with E-state index in [4.69, 9.17) is 5.11 Å². The summed E-state index contributed by atoms with van der Waals surface area (Å²) in [6.45, 7) is 3.00. The number of anilines is 1. The molecule has 0 saturated heterocycles. The van der Waals surface area contributed by atoms with E-state index in [1.54, 1.807) is 0 Å². The van der Waals surface area contributed by atoms with Crippen LogP contribution in [0.5, 0.6) is 0 Å². The summed E-state index contributed by atoms with van der Waals surface area (Å²) in [5, 5.41) is 42.7. The number of benzene rings is 1. The Morgan fingerprint density at radius 1 is 1.32 bits per heavy atom. The maximum atomic E-state index is 11.1. The molecule has 1 aromatic rings. The Balaban J connectivity index is 3.50. The number of nitrogens with one attached hydrogen (secondary N) is 1. The van der Waals surface area contributed by atoms with E-state index >= 15 is 0 Å². The van der Waals surface area contributed by atoms with E-state index in [-0.39, 0.29) is 6.42 Å². The van der Waals surface area contributed by atoms with Crippen molar-refractivity contribution in [2.45, 2.75) is 12.5 Å². The summed E-state index contributed by atoms with van der Waals surface area (Å²) in [5.41, 5.74) is -2.54. The first-order chi connectivity index (χ1) is 10.3. The minimum Gasteiger partial charge on any atom is -0.478 e. The number of hydrogen-bond donors (Lipinski definition) is 3. The highest BCUT2D eigenvalue weighted by atomic mass is 16.6. The van der Waals surface area contributed by atoms with Crippen molar-refractivity contribution in [3.63, 3.8) is 0 Å². The zero-order chi connectivity index (χ0) is 16.9. The van der Waals surface area contributed by atoms with Crippen LogP contribution in [0, 0.1) is 20.2 Å². The Hall–Kier alpha value is -3.01. The predicted octanol–water partition coefficient (Wildman–Crippen LogP) is 1.55. The second-order valence-electron chi connectivity index (χ2n) is 4.26. The van der Waals surface area contributed by atoms with Gasteiger partial charge in [-0.2, -0.15) is 0 Å². The fourth-order valence-corrected chi connectivity index (χ4v) is 1.76. The van der Waals surface area contributed by atoms with Gasteiger partial charge >= 0.3 is 5.97 Å². The number of nitro groups is 2. The number of aliphatic hydroxyl groups excluding tert-OH is 1. The van der Waals surface area contributed by atoms with Gasteiger partial charge in [0, 0.05) is 12.1 Å². The van der Waals surface area contributed by atoms with Crippen LogP contribution in [0.4, 0.5) is 17.1 Å². The number of nitro benzene ring substituents is 2. The first-order valence-electron chi connectivity index (χ1n) is 6.00. The Morgan fingerprint density at radius 3 is 2.14 bits per heavy atom. The molecule has 10 nitrogen and oxygen atoms in total. The molecular formula is C12H13N3O7. The SMILES string of the molecule is C=CC[C@@H](CO)Nc1c([N+](=O)[O-])cc(C(=O)O)cc1[N+](=O)[O-]. The molecule has 118 valence electrons. The van der Waals surface area contributed by atoms with Crippen LogP contribution in [0.2, 0.25) is 0 Å². The van der Waals surface area contributed by atoms with Crippen LogP contribution in [-0.4, -0.2) is 38.7 Å². The van der Waals surface area contributed by atoms with E-state index in [9.17, 15) is 30.1 Å². The molecule has 0 aliphatic rings. The smallest absolute Gasteiger partial charge is 0.336 e. The van der Waals surface area contributed by atoms with Crippen LogP contribution >= 0.6 is 0 Å². The van der Waals surface area contributed by atoms with Gasteiger partial charge in [0.15, 0.2) is 5.69 Å². The first kappa shape index (κ1) is 17.0. The average molecular weight is 311 g/mol. The van der Waals surface area contributed by atoms with Crippen LogP contribution in [0.25, 0.3) is 0 Å². The molecule has 0 fully saturated rings. The molecule has 10 heteroatoms. The van der Waals surface area contributed by atoms with E-state index in [0.29, 0.717) is 0 Å². The van der Waals surface area contributed by atoms with Crippen molar-refractivity contribution in [1.29, 1.82) is 0 Å². The highest BCUT2D eigenvalue weighted by Crippen LogP contribution is 2.36. The quantitative estimate of drug-likeness (QED) is 0.371. The predicted molar refractivity (Wildman–Crippen MR) is 76.0 cm³/mol. The topological polar surface area (TPSA) is 156 Å². The van der Waals surface area contributed by atoms with Crippen molar-refractivity contribution in [1.82, 2.24) is 0 Å². The van der Waals surface area contributed by atoms with Gasteiger partial charge in [-0.15, -0.1) is 6.58 Å². The number of nitrogens with zero attached hydrogens (tertiary/aromatic N) is 2. The van der Waals surface area contributed by atoms with Gasteiger partial charge in [0.25, 0.3) is 11.4 Å². The highest BCUT2D eigenvalue weighted by Gasteiger charge is 2.29. The monoisotopic (exact) mass is 311 g/mol. The van der Waals surface area contributed by atoms with E-state index in [0.717, 1.165) is 12.1 Å². The zero-order valence-electron chi connectivity index (χ0n) is 11.3. The van der Waals surface area contributed by atoms with Crippen molar-refractivity contribution in [3.8, 4) is 0 Å². The molecule has 1 atom stereocenters. The van der Waals surface area contributed by atoms with Crippen LogP contribution in [0.3, 0.4) is 0 Å². The summed E-state index contributed by atoms with van der Waals surface area (Å²) in [5.74, 6) is -1.53. The summed E-state index contributed by atoms with van der Waals surface area (Å²) < 4.78 is 0. The van der Waals surface area contributed by atoms with Gasteiger partial charge in [-0.1, -0.05) is 6.08 Å². The third kappa shape index (κ3) is 3.76. The molecule has 0 bridgehead atoms. The molecule has 0 radical (unpaired) electrons. The van der Waals surface area contributed by atoms with Gasteiger partial charge in [-0.3, -0.25) is 20.2 Å². The molecule has 0 spiro atoms. The Bertz CT molecular complexity index is 594. The molecule has 0 aliphatic heterocycles. The number of rotatable bonds is 8. The van der Waals surface area contributed by atoms with Gasteiger partial charge in [0.1, 0.15) is 0 Å². The Kier molecular flexibility index (Phi) is 5.52. The summed E-state index contributed by atoms with van der Waals surface area (Å²) in [6.07, 6.45) is 1.63. The second-order valence-corrected chi connectivity index (χ2v) is 4.26. The van der Waals surface area contributed by atoms with Gasteiger partial charge in [0.2, 0.25) is 0 Å². The summed E-state index contributed by atoms with van der Waals surface area (Å²) in [7, 11) is 0. The van der Waals surface area contributed by atoms with E-state index < -0.39 is 51.1 Å². The molecular weight excluding hydrogens is 298 g/mol. The lowest BCUT2D eigenvalue weighted by Crippen LogP contribution is -2.24. The van der Waals surface area contributed by atoms with Crippen molar-refractivity contribution in [2.75, 3.05) is 11.9 Å². The maximum Gasteiger partial charge on any atom is 0.336 e. The molecule has 0 unspecified atom stereocenters. The highest BCUT2D eigenvalue weighted by molar-refractivity contribution is 5.92. The minimum atomic E-state index is -1.53. The van der Waals surface area contributed by atoms with Gasteiger partial charge in [-0.05, 0) is 6.42 Å². The Labute approximate surface area is 124 Å². The molecule has 0 aromatic heterocycles. The lowest BCUT2D eigenvalue weighted by atomic mass is 10.1. The minimum absolute atomic E-state index is 0.200. The number of carboxylic acid groups (broad SMARTS) is 1. The molecule has 1 rings (SSSR count). The fourth-order valence-electron chi connectivity index (χ4n) is 1.76. The van der Waals surface area contributed by atoms with Crippen LogP contribution in [-0.2, 0) is 0 Å². The molecule has 0 saturated carbocycles. The van der Waals surface area contributed by atoms with Crippen molar-refractivity contribution < 1.29 is 24.9 Å². The van der Waals surface area contributed by atoms with E-state index in [1.807, 2.05) is 0 Å². The lowest BCUT2D eigenvalue weighted by Gasteiger charge is -2.16. The molecule has 3 N–H and O–H groups in total. The van der Waals surface area contributed by atoms with Crippen LogP contribution in [0.15, 0.2) is 24.8 Å².